The van der Waals surface area contributed by atoms with Crippen molar-refractivity contribution in [3.8, 4) is 0 Å². The molecule has 0 aliphatic carbocycles. The number of alkyl halides is 1. The van der Waals surface area contributed by atoms with Gasteiger partial charge in [-0.1, -0.05) is 41.4 Å². The van der Waals surface area contributed by atoms with Gasteiger partial charge in [-0.3, -0.25) is 4.79 Å². The van der Waals surface area contributed by atoms with E-state index in [-0.39, 0.29) is 5.91 Å². The molecule has 2 aromatic rings. The van der Waals surface area contributed by atoms with Gasteiger partial charge in [0, 0.05) is 11.4 Å². The summed E-state index contributed by atoms with van der Waals surface area (Å²) in [5, 5.41) is 3.50. The predicted molar refractivity (Wildman–Crippen MR) is 80.4 cm³/mol. The van der Waals surface area contributed by atoms with Gasteiger partial charge in [0.25, 0.3) is 5.91 Å². The molecule has 19 heavy (non-hydrogen) atoms. The minimum atomic E-state index is -0.267. The Labute approximate surface area is 126 Å². The summed E-state index contributed by atoms with van der Waals surface area (Å²) < 4.78 is 0. The van der Waals surface area contributed by atoms with Gasteiger partial charge in [-0.05, 0) is 29.8 Å². The molecule has 2 rings (SSSR count). The highest BCUT2D eigenvalue weighted by Gasteiger charge is 2.11. The Morgan fingerprint density at radius 2 is 1.58 bits per heavy atom. The second-order valence-corrected chi connectivity index (χ2v) is 4.96. The number of benzene rings is 2. The normalized spacial score (nSPS) is 10.3. The van der Waals surface area contributed by atoms with E-state index in [1.54, 1.807) is 42.5 Å². The second kappa shape index (κ2) is 6.29. The molecular weight excluding hydrogens is 305 g/mol. The average Bonchev–Trinajstić information content (AvgIpc) is 2.43. The Hall–Kier alpha value is -1.22. The molecule has 0 aliphatic rings. The third kappa shape index (κ3) is 3.41. The Bertz CT molecular complexity index is 576. The molecule has 1 N–H and O–H groups in total. The quantitative estimate of drug-likeness (QED) is 0.795. The summed E-state index contributed by atoms with van der Waals surface area (Å²) in [6.07, 6.45) is 0. The lowest BCUT2D eigenvalue weighted by Crippen LogP contribution is -2.12. The topological polar surface area (TPSA) is 29.1 Å². The molecule has 0 aromatic heterocycles. The molecule has 0 spiro atoms. The minimum Gasteiger partial charge on any atom is -0.319 e. The van der Waals surface area contributed by atoms with Crippen LogP contribution in [0.1, 0.15) is 15.9 Å². The van der Waals surface area contributed by atoms with E-state index in [1.807, 2.05) is 0 Å². The predicted octanol–water partition coefficient (Wildman–Crippen LogP) is 4.98. The molecule has 0 aliphatic heterocycles. The SMILES string of the molecule is O=C(Nc1c(Cl)cccc1Cl)c1ccc(CCl)cc1. The van der Waals surface area contributed by atoms with Crippen LogP contribution >= 0.6 is 34.8 Å². The van der Waals surface area contributed by atoms with E-state index in [0.29, 0.717) is 27.2 Å². The molecule has 0 saturated carbocycles. The molecule has 5 heteroatoms. The number of hydrogen-bond donors (Lipinski definition) is 1. The van der Waals surface area contributed by atoms with Gasteiger partial charge in [-0.15, -0.1) is 11.6 Å². The molecule has 98 valence electrons. The summed E-state index contributed by atoms with van der Waals surface area (Å²) in [6.45, 7) is 0. The van der Waals surface area contributed by atoms with Crippen molar-refractivity contribution >= 4 is 46.4 Å². The van der Waals surface area contributed by atoms with E-state index in [1.165, 1.54) is 0 Å². The van der Waals surface area contributed by atoms with Crippen molar-refractivity contribution in [3.63, 3.8) is 0 Å². The van der Waals surface area contributed by atoms with E-state index >= 15 is 0 Å². The largest absolute Gasteiger partial charge is 0.319 e. The van der Waals surface area contributed by atoms with Crippen molar-refractivity contribution < 1.29 is 4.79 Å². The van der Waals surface area contributed by atoms with E-state index in [4.69, 9.17) is 34.8 Å². The second-order valence-electron chi connectivity index (χ2n) is 3.88. The maximum Gasteiger partial charge on any atom is 0.255 e. The summed E-state index contributed by atoms with van der Waals surface area (Å²) in [6, 6.07) is 12.1. The van der Waals surface area contributed by atoms with Crippen LogP contribution in [-0.4, -0.2) is 5.91 Å². The van der Waals surface area contributed by atoms with Gasteiger partial charge in [0.05, 0.1) is 15.7 Å². The minimum absolute atomic E-state index is 0.267. The van der Waals surface area contributed by atoms with Gasteiger partial charge >= 0.3 is 0 Å². The first kappa shape index (κ1) is 14.2. The third-order valence-electron chi connectivity index (χ3n) is 2.57. The summed E-state index contributed by atoms with van der Waals surface area (Å²) in [5.74, 6) is 0.147. The highest BCUT2D eigenvalue weighted by atomic mass is 35.5. The Morgan fingerprint density at radius 3 is 2.11 bits per heavy atom. The number of rotatable bonds is 3. The zero-order valence-electron chi connectivity index (χ0n) is 9.79. The van der Waals surface area contributed by atoms with Crippen molar-refractivity contribution in [3.05, 3.63) is 63.6 Å². The highest BCUT2D eigenvalue weighted by Crippen LogP contribution is 2.30. The first-order chi connectivity index (χ1) is 9.11. The third-order valence-corrected chi connectivity index (χ3v) is 3.51. The van der Waals surface area contributed by atoms with Crippen LogP contribution in [0.5, 0.6) is 0 Å². The number of carbonyl (C=O) groups excluding carboxylic acids is 1. The fraction of sp³-hybridized carbons (Fsp3) is 0.0714. The molecule has 0 radical (unpaired) electrons. The van der Waals surface area contributed by atoms with Crippen LogP contribution in [0, 0.1) is 0 Å². The summed E-state index contributed by atoms with van der Waals surface area (Å²) in [5.41, 5.74) is 1.89. The molecular formula is C14H10Cl3NO. The lowest BCUT2D eigenvalue weighted by Gasteiger charge is -2.09. The van der Waals surface area contributed by atoms with Gasteiger partial charge in [0.15, 0.2) is 0 Å². The zero-order valence-corrected chi connectivity index (χ0v) is 12.1. The van der Waals surface area contributed by atoms with Gasteiger partial charge in [-0.2, -0.15) is 0 Å². The summed E-state index contributed by atoms with van der Waals surface area (Å²) in [7, 11) is 0. The lowest BCUT2D eigenvalue weighted by atomic mass is 10.1. The number of para-hydroxylation sites is 1. The van der Waals surface area contributed by atoms with Gasteiger partial charge in [0.1, 0.15) is 0 Å². The molecule has 1 amide bonds. The molecule has 0 heterocycles. The van der Waals surface area contributed by atoms with Crippen LogP contribution in [0.25, 0.3) is 0 Å². The monoisotopic (exact) mass is 313 g/mol. The number of amides is 1. The zero-order chi connectivity index (χ0) is 13.8. The molecule has 0 atom stereocenters. The maximum absolute atomic E-state index is 12.1. The fourth-order valence-electron chi connectivity index (χ4n) is 1.55. The van der Waals surface area contributed by atoms with Crippen LogP contribution in [0.15, 0.2) is 42.5 Å². The summed E-state index contributed by atoms with van der Waals surface area (Å²) >= 11 is 17.7. The number of halogens is 3. The smallest absolute Gasteiger partial charge is 0.255 e. The Kier molecular flexibility index (Phi) is 4.70. The number of hydrogen-bond acceptors (Lipinski definition) is 1. The van der Waals surface area contributed by atoms with Crippen molar-refractivity contribution in [2.75, 3.05) is 5.32 Å². The van der Waals surface area contributed by atoms with Gasteiger partial charge in [0.2, 0.25) is 0 Å². The van der Waals surface area contributed by atoms with E-state index in [9.17, 15) is 4.79 Å². The van der Waals surface area contributed by atoms with Crippen molar-refractivity contribution in [2.24, 2.45) is 0 Å². The molecule has 2 nitrogen and oxygen atoms in total. The van der Waals surface area contributed by atoms with Gasteiger partial charge < -0.3 is 5.32 Å². The standard InChI is InChI=1S/C14H10Cl3NO/c15-8-9-4-6-10(7-5-9)14(19)18-13-11(16)2-1-3-12(13)17/h1-7H,8H2,(H,18,19). The van der Waals surface area contributed by atoms with Crippen LogP contribution in [0.3, 0.4) is 0 Å². The molecule has 2 aromatic carbocycles. The Morgan fingerprint density at radius 1 is 1.00 bits per heavy atom. The average molecular weight is 315 g/mol. The molecule has 0 saturated heterocycles. The lowest BCUT2D eigenvalue weighted by molar-refractivity contribution is 0.102. The summed E-state index contributed by atoms with van der Waals surface area (Å²) in [4.78, 5) is 12.1. The van der Waals surface area contributed by atoms with Crippen molar-refractivity contribution in [1.82, 2.24) is 0 Å². The first-order valence-corrected chi connectivity index (χ1v) is 6.81. The molecule has 0 bridgehead atoms. The van der Waals surface area contributed by atoms with Crippen molar-refractivity contribution in [1.29, 1.82) is 0 Å². The fourth-order valence-corrected chi connectivity index (χ4v) is 2.22. The first-order valence-electron chi connectivity index (χ1n) is 5.52. The van der Waals surface area contributed by atoms with Crippen LogP contribution in [0.4, 0.5) is 5.69 Å². The Balaban J connectivity index is 2.20. The number of nitrogens with one attached hydrogen (secondary N) is 1. The number of carbonyl (C=O) groups is 1. The van der Waals surface area contributed by atoms with Crippen LogP contribution in [0.2, 0.25) is 10.0 Å². The van der Waals surface area contributed by atoms with Crippen molar-refractivity contribution in [2.45, 2.75) is 5.88 Å². The highest BCUT2D eigenvalue weighted by molar-refractivity contribution is 6.40. The molecule has 0 fully saturated rings. The maximum atomic E-state index is 12.1. The van der Waals surface area contributed by atoms with E-state index in [2.05, 4.69) is 5.32 Å². The molecule has 0 unspecified atom stereocenters. The van der Waals surface area contributed by atoms with Crippen LogP contribution in [-0.2, 0) is 5.88 Å². The number of anilines is 1. The van der Waals surface area contributed by atoms with E-state index < -0.39 is 0 Å². The van der Waals surface area contributed by atoms with Gasteiger partial charge in [-0.25, -0.2) is 0 Å². The van der Waals surface area contributed by atoms with Crippen LogP contribution < -0.4 is 5.32 Å². The van der Waals surface area contributed by atoms with E-state index in [0.717, 1.165) is 5.56 Å².